The zero-order valence-corrected chi connectivity index (χ0v) is 13.0. The highest BCUT2D eigenvalue weighted by Crippen LogP contribution is 2.18. The van der Waals surface area contributed by atoms with Crippen LogP contribution in [0.5, 0.6) is 0 Å². The van der Waals surface area contributed by atoms with E-state index in [1.807, 2.05) is 42.6 Å². The molecule has 120 valence electrons. The van der Waals surface area contributed by atoms with Gasteiger partial charge in [-0.1, -0.05) is 18.2 Å². The Kier molecular flexibility index (Phi) is 3.63. The molecule has 2 heterocycles. The molecule has 0 saturated carbocycles. The van der Waals surface area contributed by atoms with Gasteiger partial charge in [0.2, 0.25) is 0 Å². The number of rotatable bonds is 4. The van der Waals surface area contributed by atoms with E-state index in [9.17, 15) is 4.79 Å². The molecule has 0 aliphatic carbocycles. The molecule has 0 spiro atoms. The predicted molar refractivity (Wildman–Crippen MR) is 95.1 cm³/mol. The third-order valence-corrected chi connectivity index (χ3v) is 4.03. The number of hydrogen-bond donors (Lipinski definition) is 4. The number of benzene rings is 2. The molecule has 2 aromatic carbocycles. The molecule has 0 bridgehead atoms. The summed E-state index contributed by atoms with van der Waals surface area (Å²) in [6, 6.07) is 13.5. The fourth-order valence-corrected chi connectivity index (χ4v) is 2.84. The SMILES string of the molecule is O=C(NCCc1c[nH]c2ccccc12)Nc1ccc2nc[nH]c2c1. The molecule has 4 aromatic rings. The van der Waals surface area contributed by atoms with Gasteiger partial charge in [-0.3, -0.25) is 0 Å². The van der Waals surface area contributed by atoms with Gasteiger partial charge in [-0.05, 0) is 36.2 Å². The maximum absolute atomic E-state index is 12.0. The molecule has 0 radical (unpaired) electrons. The number of hydrogen-bond acceptors (Lipinski definition) is 2. The first kappa shape index (κ1) is 14.3. The summed E-state index contributed by atoms with van der Waals surface area (Å²) in [5, 5.41) is 6.92. The van der Waals surface area contributed by atoms with Crippen LogP contribution in [0.3, 0.4) is 0 Å². The first-order valence-electron chi connectivity index (χ1n) is 7.82. The molecule has 6 heteroatoms. The molecule has 0 aliphatic heterocycles. The van der Waals surface area contributed by atoms with Gasteiger partial charge in [0, 0.05) is 29.3 Å². The largest absolute Gasteiger partial charge is 0.361 e. The summed E-state index contributed by atoms with van der Waals surface area (Å²) in [7, 11) is 0. The van der Waals surface area contributed by atoms with Crippen LogP contribution in [0, 0.1) is 0 Å². The van der Waals surface area contributed by atoms with Crippen LogP contribution < -0.4 is 10.6 Å². The third kappa shape index (κ3) is 2.81. The number of nitrogens with zero attached hydrogens (tertiary/aromatic N) is 1. The summed E-state index contributed by atoms with van der Waals surface area (Å²) in [5.41, 5.74) is 4.82. The van der Waals surface area contributed by atoms with E-state index in [1.54, 1.807) is 6.33 Å². The molecule has 6 nitrogen and oxygen atoms in total. The average molecular weight is 319 g/mol. The van der Waals surface area contributed by atoms with Gasteiger partial charge in [-0.25, -0.2) is 9.78 Å². The molecule has 0 unspecified atom stereocenters. The minimum atomic E-state index is -0.214. The summed E-state index contributed by atoms with van der Waals surface area (Å²) < 4.78 is 0. The van der Waals surface area contributed by atoms with E-state index < -0.39 is 0 Å². The molecule has 4 rings (SSSR count). The Morgan fingerprint density at radius 2 is 2.00 bits per heavy atom. The van der Waals surface area contributed by atoms with Gasteiger partial charge in [0.05, 0.1) is 17.4 Å². The average Bonchev–Trinajstić information content (AvgIpc) is 3.21. The van der Waals surface area contributed by atoms with E-state index in [1.165, 1.54) is 10.9 Å². The number of fused-ring (bicyclic) bond motifs is 2. The van der Waals surface area contributed by atoms with E-state index in [4.69, 9.17) is 0 Å². The molecular formula is C18H17N5O. The van der Waals surface area contributed by atoms with Gasteiger partial charge in [0.15, 0.2) is 0 Å². The lowest BCUT2D eigenvalue weighted by molar-refractivity contribution is 0.252. The molecule has 2 aromatic heterocycles. The van der Waals surface area contributed by atoms with Crippen molar-refractivity contribution in [3.63, 3.8) is 0 Å². The van der Waals surface area contributed by atoms with E-state index in [0.717, 1.165) is 28.7 Å². The maximum atomic E-state index is 12.0. The summed E-state index contributed by atoms with van der Waals surface area (Å²) in [5.74, 6) is 0. The van der Waals surface area contributed by atoms with Gasteiger partial charge in [0.25, 0.3) is 0 Å². The van der Waals surface area contributed by atoms with Gasteiger partial charge < -0.3 is 20.6 Å². The Morgan fingerprint density at radius 3 is 2.96 bits per heavy atom. The number of urea groups is 1. The lowest BCUT2D eigenvalue weighted by Crippen LogP contribution is -2.30. The Balaban J connectivity index is 1.34. The van der Waals surface area contributed by atoms with Crippen LogP contribution in [-0.4, -0.2) is 27.5 Å². The minimum absolute atomic E-state index is 0.214. The maximum Gasteiger partial charge on any atom is 0.319 e. The Hall–Kier alpha value is -3.28. The lowest BCUT2D eigenvalue weighted by Gasteiger charge is -2.07. The van der Waals surface area contributed by atoms with Crippen molar-refractivity contribution in [1.82, 2.24) is 20.3 Å². The molecular weight excluding hydrogens is 302 g/mol. The Labute approximate surface area is 138 Å². The Morgan fingerprint density at radius 1 is 1.08 bits per heavy atom. The van der Waals surface area contributed by atoms with Crippen molar-refractivity contribution in [1.29, 1.82) is 0 Å². The second-order valence-corrected chi connectivity index (χ2v) is 5.62. The molecule has 0 fully saturated rings. The van der Waals surface area contributed by atoms with Crippen molar-refractivity contribution in [3.05, 3.63) is 60.6 Å². The van der Waals surface area contributed by atoms with Crippen molar-refractivity contribution >= 4 is 33.7 Å². The highest BCUT2D eigenvalue weighted by atomic mass is 16.2. The van der Waals surface area contributed by atoms with E-state index in [0.29, 0.717) is 6.54 Å². The number of aromatic nitrogens is 3. The van der Waals surface area contributed by atoms with Crippen molar-refractivity contribution in [3.8, 4) is 0 Å². The van der Waals surface area contributed by atoms with Crippen LogP contribution in [0.15, 0.2) is 55.0 Å². The third-order valence-electron chi connectivity index (χ3n) is 4.03. The van der Waals surface area contributed by atoms with Gasteiger partial charge in [-0.2, -0.15) is 0 Å². The van der Waals surface area contributed by atoms with Crippen LogP contribution in [0.1, 0.15) is 5.56 Å². The smallest absolute Gasteiger partial charge is 0.319 e. The normalized spacial score (nSPS) is 11.0. The van der Waals surface area contributed by atoms with Crippen LogP contribution in [-0.2, 0) is 6.42 Å². The molecule has 24 heavy (non-hydrogen) atoms. The number of para-hydroxylation sites is 1. The predicted octanol–water partition coefficient (Wildman–Crippen LogP) is 3.41. The van der Waals surface area contributed by atoms with E-state index in [2.05, 4.69) is 31.7 Å². The van der Waals surface area contributed by atoms with Crippen molar-refractivity contribution in [2.45, 2.75) is 6.42 Å². The number of nitrogens with one attached hydrogen (secondary N) is 4. The van der Waals surface area contributed by atoms with Crippen LogP contribution >= 0.6 is 0 Å². The quantitative estimate of drug-likeness (QED) is 0.465. The number of carbonyl (C=O) groups excluding carboxylic acids is 1. The zero-order chi connectivity index (χ0) is 16.4. The highest BCUT2D eigenvalue weighted by molar-refractivity contribution is 5.91. The van der Waals surface area contributed by atoms with Gasteiger partial charge in [-0.15, -0.1) is 0 Å². The van der Waals surface area contributed by atoms with Crippen LogP contribution in [0.25, 0.3) is 21.9 Å². The second-order valence-electron chi connectivity index (χ2n) is 5.62. The lowest BCUT2D eigenvalue weighted by atomic mass is 10.1. The minimum Gasteiger partial charge on any atom is -0.361 e. The summed E-state index contributed by atoms with van der Waals surface area (Å²) >= 11 is 0. The standard InChI is InChI=1S/C18H17N5O/c24-18(23-13-5-6-16-17(9-13)22-11-21-16)19-8-7-12-10-20-15-4-2-1-3-14(12)15/h1-6,9-11,20H,7-8H2,(H,21,22)(H2,19,23,24). The molecule has 0 aliphatic rings. The number of aromatic amines is 2. The van der Waals surface area contributed by atoms with Crippen LogP contribution in [0.2, 0.25) is 0 Å². The first-order valence-corrected chi connectivity index (χ1v) is 7.82. The van der Waals surface area contributed by atoms with E-state index in [-0.39, 0.29) is 6.03 Å². The summed E-state index contributed by atoms with van der Waals surface area (Å²) in [6.45, 7) is 0.569. The number of carbonyl (C=O) groups is 1. The van der Waals surface area contributed by atoms with Crippen molar-refractivity contribution in [2.75, 3.05) is 11.9 Å². The topological polar surface area (TPSA) is 85.6 Å². The molecule has 2 amide bonds. The Bertz CT molecular complexity index is 1000. The zero-order valence-electron chi connectivity index (χ0n) is 13.0. The van der Waals surface area contributed by atoms with Crippen molar-refractivity contribution in [2.24, 2.45) is 0 Å². The van der Waals surface area contributed by atoms with Crippen LogP contribution in [0.4, 0.5) is 10.5 Å². The molecule has 4 N–H and O–H groups in total. The number of imidazole rings is 1. The second kappa shape index (κ2) is 6.08. The number of amides is 2. The monoisotopic (exact) mass is 319 g/mol. The molecule has 0 saturated heterocycles. The van der Waals surface area contributed by atoms with Gasteiger partial charge in [0.1, 0.15) is 0 Å². The summed E-state index contributed by atoms with van der Waals surface area (Å²) in [6.07, 6.45) is 4.41. The summed E-state index contributed by atoms with van der Waals surface area (Å²) in [4.78, 5) is 22.4. The number of H-pyrrole nitrogens is 2. The van der Waals surface area contributed by atoms with E-state index >= 15 is 0 Å². The highest BCUT2D eigenvalue weighted by Gasteiger charge is 2.05. The van der Waals surface area contributed by atoms with Crippen molar-refractivity contribution < 1.29 is 4.79 Å². The first-order chi connectivity index (χ1) is 11.8. The molecule has 0 atom stereocenters. The fourth-order valence-electron chi connectivity index (χ4n) is 2.84. The fraction of sp³-hybridized carbons (Fsp3) is 0.111. The number of anilines is 1. The van der Waals surface area contributed by atoms with Gasteiger partial charge >= 0.3 is 6.03 Å².